The molecule has 0 fully saturated rings. The van der Waals surface area contributed by atoms with Gasteiger partial charge in [-0.1, -0.05) is 15.9 Å². The molecule has 3 rings (SSSR count). The van der Waals surface area contributed by atoms with Gasteiger partial charge < -0.3 is 4.74 Å². The zero-order valence-corrected chi connectivity index (χ0v) is 15.0. The lowest BCUT2D eigenvalue weighted by Crippen LogP contribution is -2.19. The van der Waals surface area contributed by atoms with Gasteiger partial charge in [0.1, 0.15) is 11.9 Å². The van der Waals surface area contributed by atoms with Gasteiger partial charge in [0.15, 0.2) is 5.78 Å². The van der Waals surface area contributed by atoms with Gasteiger partial charge in [-0.15, -0.1) is 11.3 Å². The van der Waals surface area contributed by atoms with Gasteiger partial charge in [0.05, 0.1) is 15.8 Å². The van der Waals surface area contributed by atoms with Crippen molar-refractivity contribution in [2.24, 2.45) is 0 Å². The summed E-state index contributed by atoms with van der Waals surface area (Å²) in [5.41, 5.74) is 0.653. The number of Topliss-reactive ketones (excluding diaryl/α,β-unsaturated/α-hetero) is 1. The summed E-state index contributed by atoms with van der Waals surface area (Å²) in [6.45, 7) is 0. The van der Waals surface area contributed by atoms with E-state index in [4.69, 9.17) is 4.74 Å². The third-order valence-electron chi connectivity index (χ3n) is 2.86. The Balaban J connectivity index is 1.97. The third-order valence-corrected chi connectivity index (χ3v) is 6.71. The van der Waals surface area contributed by atoms with Crippen molar-refractivity contribution in [1.82, 2.24) is 0 Å². The van der Waals surface area contributed by atoms with Crippen LogP contribution in [-0.4, -0.2) is 5.78 Å². The summed E-state index contributed by atoms with van der Waals surface area (Å²) < 4.78 is 8.84. The van der Waals surface area contributed by atoms with Gasteiger partial charge in [0.2, 0.25) is 0 Å². The summed E-state index contributed by atoms with van der Waals surface area (Å²) in [7, 11) is 0. The Morgan fingerprint density at radius 1 is 1.21 bits per heavy atom. The summed E-state index contributed by atoms with van der Waals surface area (Å²) in [6, 6.07) is 7.53. The number of fused-ring (bicyclic) bond motifs is 1. The number of thiophene rings is 1. The molecule has 0 radical (unpaired) electrons. The Kier molecular flexibility index (Phi) is 3.86. The van der Waals surface area contributed by atoms with Gasteiger partial charge in [-0.3, -0.25) is 4.79 Å². The first-order valence-corrected chi connectivity index (χ1v) is 8.68. The van der Waals surface area contributed by atoms with E-state index in [-0.39, 0.29) is 11.9 Å². The second kappa shape index (κ2) is 5.31. The summed E-state index contributed by atoms with van der Waals surface area (Å²) >= 11 is 11.9. The van der Waals surface area contributed by atoms with E-state index in [1.807, 2.05) is 24.3 Å². The van der Waals surface area contributed by atoms with Crippen molar-refractivity contribution < 1.29 is 9.53 Å². The molecule has 0 amide bonds. The van der Waals surface area contributed by atoms with Crippen LogP contribution < -0.4 is 4.74 Å². The minimum atomic E-state index is -0.200. The maximum atomic E-state index is 12.2. The van der Waals surface area contributed by atoms with Crippen LogP contribution in [0.5, 0.6) is 5.75 Å². The molecule has 0 bridgehead atoms. The SMILES string of the molecule is O=C1CC(c2cc(Br)c(Br)s2)Oc2ccc(Br)cc21. The van der Waals surface area contributed by atoms with Crippen molar-refractivity contribution in [2.45, 2.75) is 12.5 Å². The van der Waals surface area contributed by atoms with Crippen molar-refractivity contribution >= 4 is 64.9 Å². The van der Waals surface area contributed by atoms with Crippen LogP contribution in [0.15, 0.2) is 37.0 Å². The highest BCUT2D eigenvalue weighted by Gasteiger charge is 2.29. The maximum absolute atomic E-state index is 12.2. The first kappa shape index (κ1) is 13.8. The van der Waals surface area contributed by atoms with E-state index in [0.717, 1.165) is 17.6 Å². The van der Waals surface area contributed by atoms with Gasteiger partial charge in [-0.2, -0.15) is 0 Å². The van der Waals surface area contributed by atoms with Gasteiger partial charge in [-0.25, -0.2) is 0 Å². The molecule has 2 heterocycles. The predicted octanol–water partition coefficient (Wildman–Crippen LogP) is 5.74. The number of halogens is 3. The van der Waals surface area contributed by atoms with Crippen LogP contribution in [0.25, 0.3) is 0 Å². The first-order chi connectivity index (χ1) is 9.04. The molecule has 0 saturated carbocycles. The van der Waals surface area contributed by atoms with E-state index in [2.05, 4.69) is 47.8 Å². The molecule has 98 valence electrons. The van der Waals surface area contributed by atoms with Crippen LogP contribution in [0.2, 0.25) is 0 Å². The van der Waals surface area contributed by atoms with Crippen molar-refractivity contribution in [3.8, 4) is 5.75 Å². The molecule has 2 aromatic rings. The molecule has 1 unspecified atom stereocenters. The molecular weight excluding hydrogens is 460 g/mol. The van der Waals surface area contributed by atoms with Gasteiger partial charge in [0.25, 0.3) is 0 Å². The highest BCUT2D eigenvalue weighted by atomic mass is 79.9. The minimum Gasteiger partial charge on any atom is -0.484 e. The first-order valence-electron chi connectivity index (χ1n) is 5.49. The van der Waals surface area contributed by atoms with E-state index < -0.39 is 0 Å². The molecule has 19 heavy (non-hydrogen) atoms. The van der Waals surface area contributed by atoms with Gasteiger partial charge in [-0.05, 0) is 56.1 Å². The lowest BCUT2D eigenvalue weighted by atomic mass is 10.00. The van der Waals surface area contributed by atoms with Crippen LogP contribution in [0.1, 0.15) is 27.8 Å². The summed E-state index contributed by atoms with van der Waals surface area (Å²) in [5.74, 6) is 0.776. The largest absolute Gasteiger partial charge is 0.484 e. The fraction of sp³-hybridized carbons (Fsp3) is 0.154. The van der Waals surface area contributed by atoms with Crippen molar-refractivity contribution in [3.05, 3.63) is 47.4 Å². The molecule has 0 saturated heterocycles. The van der Waals surface area contributed by atoms with Crippen LogP contribution >= 0.6 is 59.1 Å². The second-order valence-electron chi connectivity index (χ2n) is 4.14. The van der Waals surface area contributed by atoms with E-state index in [1.165, 1.54) is 0 Å². The zero-order valence-electron chi connectivity index (χ0n) is 9.45. The molecule has 0 N–H and O–H groups in total. The third kappa shape index (κ3) is 2.68. The molecule has 1 atom stereocenters. The minimum absolute atomic E-state index is 0.119. The van der Waals surface area contributed by atoms with Crippen LogP contribution in [-0.2, 0) is 0 Å². The van der Waals surface area contributed by atoms with E-state index in [0.29, 0.717) is 17.7 Å². The van der Waals surface area contributed by atoms with Gasteiger partial charge in [0, 0.05) is 13.8 Å². The number of carbonyl (C=O) groups excluding carboxylic acids is 1. The predicted molar refractivity (Wildman–Crippen MR) is 86.2 cm³/mol. The quantitative estimate of drug-likeness (QED) is 0.535. The topological polar surface area (TPSA) is 26.3 Å². The van der Waals surface area contributed by atoms with Crippen LogP contribution in [0.4, 0.5) is 0 Å². The normalized spacial score (nSPS) is 18.1. The number of carbonyl (C=O) groups is 1. The summed E-state index contributed by atoms with van der Waals surface area (Å²) in [5, 5.41) is 0. The van der Waals surface area contributed by atoms with E-state index in [1.54, 1.807) is 11.3 Å². The zero-order chi connectivity index (χ0) is 13.6. The Morgan fingerprint density at radius 3 is 2.68 bits per heavy atom. The maximum Gasteiger partial charge on any atom is 0.170 e. The Hall–Kier alpha value is -0.170. The highest BCUT2D eigenvalue weighted by Crippen LogP contribution is 2.42. The number of ether oxygens (including phenoxy) is 1. The fourth-order valence-electron chi connectivity index (χ4n) is 1.98. The van der Waals surface area contributed by atoms with Crippen molar-refractivity contribution in [2.75, 3.05) is 0 Å². The monoisotopic (exact) mass is 464 g/mol. The molecule has 0 aliphatic carbocycles. The molecule has 1 aromatic carbocycles. The average Bonchev–Trinajstić information content (AvgIpc) is 2.70. The number of ketones is 1. The smallest absolute Gasteiger partial charge is 0.170 e. The lowest BCUT2D eigenvalue weighted by Gasteiger charge is -2.24. The second-order valence-corrected chi connectivity index (χ2v) is 8.32. The van der Waals surface area contributed by atoms with E-state index in [9.17, 15) is 4.79 Å². The molecule has 0 spiro atoms. The number of benzene rings is 1. The average molecular weight is 467 g/mol. The highest BCUT2D eigenvalue weighted by molar-refractivity contribution is 9.13. The number of hydrogen-bond donors (Lipinski definition) is 0. The van der Waals surface area contributed by atoms with Gasteiger partial charge >= 0.3 is 0 Å². The molecule has 6 heteroatoms. The number of hydrogen-bond acceptors (Lipinski definition) is 3. The van der Waals surface area contributed by atoms with Crippen LogP contribution in [0, 0.1) is 0 Å². The van der Waals surface area contributed by atoms with E-state index >= 15 is 0 Å². The molecular formula is C13H7Br3O2S. The van der Waals surface area contributed by atoms with Crippen LogP contribution in [0.3, 0.4) is 0 Å². The lowest BCUT2D eigenvalue weighted by molar-refractivity contribution is 0.0854. The Morgan fingerprint density at radius 2 is 2.00 bits per heavy atom. The Bertz CT molecular complexity index is 646. The fourth-order valence-corrected chi connectivity index (χ4v) is 4.46. The molecule has 1 aliphatic rings. The number of rotatable bonds is 1. The van der Waals surface area contributed by atoms with Crippen molar-refractivity contribution in [3.63, 3.8) is 0 Å². The summed E-state index contributed by atoms with van der Waals surface area (Å²) in [4.78, 5) is 13.2. The summed E-state index contributed by atoms with van der Waals surface area (Å²) in [6.07, 6.45) is 0.178. The molecule has 1 aromatic heterocycles. The standard InChI is InChI=1S/C13H7Br3O2S/c14-6-1-2-10-7(3-6)9(17)5-11(18-10)12-4-8(15)13(16)19-12/h1-4,11H,5H2. The molecule has 2 nitrogen and oxygen atoms in total. The van der Waals surface area contributed by atoms with Crippen molar-refractivity contribution in [1.29, 1.82) is 0 Å². The Labute approximate surface area is 139 Å². The molecule has 1 aliphatic heterocycles.